The third-order valence-electron chi connectivity index (χ3n) is 4.66. The van der Waals surface area contributed by atoms with Gasteiger partial charge in [0.15, 0.2) is 11.5 Å². The van der Waals surface area contributed by atoms with Gasteiger partial charge in [-0.1, -0.05) is 24.5 Å². The van der Waals surface area contributed by atoms with Crippen LogP contribution in [-0.2, 0) is 0 Å². The number of ether oxygens (including phenoxy) is 4. The van der Waals surface area contributed by atoms with E-state index in [9.17, 15) is 4.79 Å². The predicted octanol–water partition coefficient (Wildman–Crippen LogP) is 5.36. The molecule has 0 atom stereocenters. The molecule has 1 aromatic heterocycles. The van der Waals surface area contributed by atoms with Gasteiger partial charge in [-0.25, -0.2) is 0 Å². The van der Waals surface area contributed by atoms with Crippen molar-refractivity contribution in [1.29, 1.82) is 0 Å². The van der Waals surface area contributed by atoms with Gasteiger partial charge in [-0.15, -0.1) is 5.10 Å². The Morgan fingerprint density at radius 1 is 0.912 bits per heavy atom. The Bertz CT molecular complexity index is 1060. The van der Waals surface area contributed by atoms with Gasteiger partial charge in [0.25, 0.3) is 5.91 Å². The van der Waals surface area contributed by atoms with Gasteiger partial charge in [0.05, 0.1) is 26.4 Å². The molecule has 1 heterocycles. The quantitative estimate of drug-likeness (QED) is 0.333. The van der Waals surface area contributed by atoms with Crippen molar-refractivity contribution in [2.75, 3.05) is 31.7 Å². The lowest BCUT2D eigenvalue weighted by atomic mass is 10.2. The van der Waals surface area contributed by atoms with E-state index >= 15 is 0 Å². The van der Waals surface area contributed by atoms with E-state index in [1.54, 1.807) is 30.3 Å². The summed E-state index contributed by atoms with van der Waals surface area (Å²) in [5.41, 5.74) is 1.00. The van der Waals surface area contributed by atoms with E-state index in [-0.39, 0.29) is 17.8 Å². The number of carbonyl (C=O) groups is 1. The normalized spacial score (nSPS) is 10.6. The van der Waals surface area contributed by atoms with E-state index in [4.69, 9.17) is 23.4 Å². The fraction of sp³-hybridized carbons (Fsp3) is 0.400. The number of aromatic nitrogens is 2. The first-order chi connectivity index (χ1) is 16.6. The number of nitrogens with one attached hydrogen (secondary N) is 1. The van der Waals surface area contributed by atoms with E-state index < -0.39 is 0 Å². The third kappa shape index (κ3) is 6.40. The van der Waals surface area contributed by atoms with Crippen LogP contribution in [0.5, 0.6) is 23.0 Å². The number of rotatable bonds is 13. The van der Waals surface area contributed by atoms with Gasteiger partial charge in [-0.3, -0.25) is 10.1 Å². The van der Waals surface area contributed by atoms with Crippen molar-refractivity contribution in [3.05, 3.63) is 42.0 Å². The van der Waals surface area contributed by atoms with Gasteiger partial charge in [-0.2, -0.15) is 0 Å². The van der Waals surface area contributed by atoms with Crippen LogP contribution >= 0.6 is 0 Å². The molecule has 0 radical (unpaired) electrons. The highest BCUT2D eigenvalue weighted by atomic mass is 16.5. The van der Waals surface area contributed by atoms with Gasteiger partial charge in [0.1, 0.15) is 5.75 Å². The van der Waals surface area contributed by atoms with Gasteiger partial charge >= 0.3 is 6.01 Å². The lowest BCUT2D eigenvalue weighted by molar-refractivity contribution is 0.102. The van der Waals surface area contributed by atoms with E-state index in [0.29, 0.717) is 60.6 Å². The van der Waals surface area contributed by atoms with Crippen LogP contribution in [0.2, 0.25) is 0 Å². The molecule has 0 saturated heterocycles. The first-order valence-electron chi connectivity index (χ1n) is 11.5. The highest BCUT2D eigenvalue weighted by molar-refractivity contribution is 6.03. The molecule has 1 N–H and O–H groups in total. The molecule has 0 aliphatic rings. The van der Waals surface area contributed by atoms with Crippen molar-refractivity contribution in [2.24, 2.45) is 0 Å². The minimum Gasteiger partial charge on any atom is -0.494 e. The smallest absolute Gasteiger partial charge is 0.322 e. The van der Waals surface area contributed by atoms with Crippen molar-refractivity contribution in [1.82, 2.24) is 10.2 Å². The van der Waals surface area contributed by atoms with Crippen LogP contribution in [0.1, 0.15) is 50.9 Å². The molecular formula is C25H31N3O6. The predicted molar refractivity (Wildman–Crippen MR) is 128 cm³/mol. The molecule has 9 heteroatoms. The van der Waals surface area contributed by atoms with E-state index in [1.807, 2.05) is 26.8 Å². The molecule has 34 heavy (non-hydrogen) atoms. The Kier molecular flexibility index (Phi) is 9.13. The maximum absolute atomic E-state index is 12.7. The summed E-state index contributed by atoms with van der Waals surface area (Å²) in [6.45, 7) is 9.70. The summed E-state index contributed by atoms with van der Waals surface area (Å²) >= 11 is 0. The first kappa shape index (κ1) is 24.9. The number of hydrogen-bond acceptors (Lipinski definition) is 8. The average Bonchev–Trinajstić information content (AvgIpc) is 3.30. The van der Waals surface area contributed by atoms with Crippen molar-refractivity contribution >= 4 is 11.9 Å². The summed E-state index contributed by atoms with van der Waals surface area (Å²) < 4.78 is 28.6. The monoisotopic (exact) mass is 469 g/mol. The number of hydrogen-bond donors (Lipinski definition) is 1. The zero-order valence-corrected chi connectivity index (χ0v) is 20.1. The Balaban J connectivity index is 1.79. The fourth-order valence-corrected chi connectivity index (χ4v) is 3.13. The van der Waals surface area contributed by atoms with Gasteiger partial charge < -0.3 is 23.4 Å². The molecule has 3 rings (SSSR count). The average molecular weight is 470 g/mol. The fourth-order valence-electron chi connectivity index (χ4n) is 3.13. The molecule has 0 aliphatic carbocycles. The number of benzene rings is 2. The molecule has 2 aromatic carbocycles. The zero-order chi connectivity index (χ0) is 24.3. The van der Waals surface area contributed by atoms with E-state index in [0.717, 1.165) is 12.8 Å². The second kappa shape index (κ2) is 12.5. The number of nitrogens with zero attached hydrogens (tertiary/aromatic N) is 2. The van der Waals surface area contributed by atoms with Crippen LogP contribution in [0.4, 0.5) is 6.01 Å². The Morgan fingerprint density at radius 3 is 2.26 bits per heavy atom. The number of unbranched alkanes of at least 4 members (excludes halogenated alkanes) is 1. The van der Waals surface area contributed by atoms with Gasteiger partial charge in [0.2, 0.25) is 11.6 Å². The van der Waals surface area contributed by atoms with Gasteiger partial charge in [-0.05, 0) is 57.5 Å². The third-order valence-corrected chi connectivity index (χ3v) is 4.66. The van der Waals surface area contributed by atoms with Crippen molar-refractivity contribution in [3.8, 4) is 34.5 Å². The summed E-state index contributed by atoms with van der Waals surface area (Å²) in [5.74, 6) is 1.99. The Hall–Kier alpha value is -3.75. The molecule has 0 bridgehead atoms. The molecule has 1 amide bonds. The zero-order valence-electron chi connectivity index (χ0n) is 20.1. The largest absolute Gasteiger partial charge is 0.494 e. The molecular weight excluding hydrogens is 438 g/mol. The standard InChI is InChI=1S/C25H31N3O6/c1-5-9-13-33-19-12-10-11-17(14-19)23(29)26-25-28-27-24(34-25)18-15-20(30-6-2)22(32-8-4)21(16-18)31-7-3/h10-12,14-16H,5-9,13H2,1-4H3,(H,26,28,29). The van der Waals surface area contributed by atoms with Crippen LogP contribution < -0.4 is 24.3 Å². The molecule has 9 nitrogen and oxygen atoms in total. The maximum atomic E-state index is 12.7. The molecule has 0 spiro atoms. The second-order valence-electron chi connectivity index (χ2n) is 7.20. The van der Waals surface area contributed by atoms with Crippen LogP contribution in [0.15, 0.2) is 40.8 Å². The van der Waals surface area contributed by atoms with Crippen molar-refractivity contribution in [3.63, 3.8) is 0 Å². The summed E-state index contributed by atoms with van der Waals surface area (Å²) in [4.78, 5) is 12.7. The summed E-state index contributed by atoms with van der Waals surface area (Å²) in [6, 6.07) is 10.4. The van der Waals surface area contributed by atoms with E-state index in [2.05, 4.69) is 22.4 Å². The molecule has 0 fully saturated rings. The van der Waals surface area contributed by atoms with Gasteiger partial charge in [0, 0.05) is 11.1 Å². The van der Waals surface area contributed by atoms with Crippen LogP contribution in [-0.4, -0.2) is 42.5 Å². The SMILES string of the molecule is CCCCOc1cccc(C(=O)Nc2nnc(-c3cc(OCC)c(OCC)c(OCC)c3)o2)c1. The molecule has 0 unspecified atom stereocenters. The minimum absolute atomic E-state index is 0.0258. The number of amides is 1. The first-order valence-corrected chi connectivity index (χ1v) is 11.5. The van der Waals surface area contributed by atoms with E-state index in [1.165, 1.54) is 0 Å². The Morgan fingerprint density at radius 2 is 1.62 bits per heavy atom. The van der Waals surface area contributed by atoms with Crippen LogP contribution in [0, 0.1) is 0 Å². The number of anilines is 1. The summed E-state index contributed by atoms with van der Waals surface area (Å²) in [7, 11) is 0. The van der Waals surface area contributed by atoms with Crippen molar-refractivity contribution < 1.29 is 28.2 Å². The molecule has 182 valence electrons. The molecule has 0 saturated carbocycles. The van der Waals surface area contributed by atoms with Crippen LogP contribution in [0.3, 0.4) is 0 Å². The molecule has 0 aliphatic heterocycles. The lowest BCUT2D eigenvalue weighted by Crippen LogP contribution is -2.12. The summed E-state index contributed by atoms with van der Waals surface area (Å²) in [6.07, 6.45) is 1.98. The minimum atomic E-state index is -0.382. The topological polar surface area (TPSA) is 105 Å². The van der Waals surface area contributed by atoms with Crippen molar-refractivity contribution in [2.45, 2.75) is 40.5 Å². The highest BCUT2D eigenvalue weighted by Crippen LogP contribution is 2.41. The van der Waals surface area contributed by atoms with Crippen LogP contribution in [0.25, 0.3) is 11.5 Å². The summed E-state index contributed by atoms with van der Waals surface area (Å²) in [5, 5.41) is 10.7. The molecule has 3 aromatic rings. The number of carbonyl (C=O) groups excluding carboxylic acids is 1. The second-order valence-corrected chi connectivity index (χ2v) is 7.20. The lowest BCUT2D eigenvalue weighted by Gasteiger charge is -2.16. The Labute approximate surface area is 199 Å². The highest BCUT2D eigenvalue weighted by Gasteiger charge is 2.19. The maximum Gasteiger partial charge on any atom is 0.322 e.